The number of aryl methyl sites for hydroxylation is 5. The molecule has 4 aromatic heterocycles. The molecule has 0 saturated heterocycles. The van der Waals surface area contributed by atoms with Gasteiger partial charge in [0.1, 0.15) is 36.9 Å². The van der Waals surface area contributed by atoms with Gasteiger partial charge >= 0.3 is 0 Å². The number of aromatic nitrogens is 9. The molecule has 0 fully saturated rings. The van der Waals surface area contributed by atoms with Crippen molar-refractivity contribution in [2.75, 3.05) is 12.4 Å². The van der Waals surface area contributed by atoms with E-state index in [1.54, 1.807) is 18.0 Å². The van der Waals surface area contributed by atoms with Crippen molar-refractivity contribution in [3.05, 3.63) is 212 Å². The summed E-state index contributed by atoms with van der Waals surface area (Å²) in [5, 5.41) is 10.9. The first kappa shape index (κ1) is 89.8. The van der Waals surface area contributed by atoms with E-state index < -0.39 is 0 Å². The van der Waals surface area contributed by atoms with E-state index in [0.29, 0.717) is 0 Å². The van der Waals surface area contributed by atoms with Crippen LogP contribution in [0.2, 0.25) is 0 Å². The van der Waals surface area contributed by atoms with Crippen LogP contribution in [0.5, 0.6) is 5.75 Å². The number of pyridine rings is 1. The molecule has 0 radical (unpaired) electrons. The zero-order valence-corrected chi connectivity index (χ0v) is 57.7. The summed E-state index contributed by atoms with van der Waals surface area (Å²) in [4.78, 5) is 28.2. The third kappa shape index (κ3) is 50.5. The van der Waals surface area contributed by atoms with Crippen molar-refractivity contribution in [2.24, 2.45) is 0 Å². The van der Waals surface area contributed by atoms with Crippen LogP contribution in [0.3, 0.4) is 0 Å². The molecule has 0 unspecified atom stereocenters. The average Bonchev–Trinajstić information content (AvgIpc) is 3.63. The fraction of sp³-hybridized carbons (Fsp3) is 0.431. The molecule has 0 amide bonds. The summed E-state index contributed by atoms with van der Waals surface area (Å²) in [6.07, 6.45) is 16.0. The Labute approximate surface area is 514 Å². The van der Waals surface area contributed by atoms with E-state index in [0.717, 1.165) is 41.5 Å². The Kier molecular flexibility index (Phi) is 83.4. The lowest BCUT2D eigenvalue weighted by molar-refractivity contribution is 0.288. The van der Waals surface area contributed by atoms with Crippen LogP contribution in [0.4, 0.5) is 0 Å². The van der Waals surface area contributed by atoms with Crippen LogP contribution in [0.15, 0.2) is 188 Å². The highest BCUT2D eigenvalue weighted by molar-refractivity contribution is 7.99. The lowest BCUT2D eigenvalue weighted by atomic mass is 10.1. The maximum absolute atomic E-state index is 5.42. The van der Waals surface area contributed by atoms with E-state index in [-0.39, 0.29) is 0 Å². The largest absolute Gasteiger partial charge is 0.493 e. The van der Waals surface area contributed by atoms with Gasteiger partial charge in [-0.25, -0.2) is 29.9 Å². The predicted octanol–water partition coefficient (Wildman–Crippen LogP) is 22.2. The topological polar surface area (TPSA) is 125 Å². The SMILES string of the molecule is CC.CC.CC.CC.CC.CC.CC.CC.CC.CC.CC.Cc1ccncn1.Cc1cnncn1.Cc1ncncn1.c1ccc2c(c1)CCCO2.c1ccc2c(c1)CCCS2.c1ccc2ccccc2c1.c1ccc2ncccc2c1. The van der Waals surface area contributed by atoms with Crippen molar-refractivity contribution in [1.82, 2.24) is 45.1 Å². The van der Waals surface area contributed by atoms with Crippen LogP contribution in [-0.2, 0) is 12.8 Å². The van der Waals surface area contributed by atoms with Crippen LogP contribution in [0.1, 0.15) is 194 Å². The number of fused-ring (bicyclic) bond motifs is 4. The average molecular weight is 1160 g/mol. The van der Waals surface area contributed by atoms with Crippen LogP contribution < -0.4 is 4.74 Å². The van der Waals surface area contributed by atoms with E-state index in [1.807, 2.05) is 234 Å². The first-order valence-electron chi connectivity index (χ1n) is 31.1. The molecule has 0 atom stereocenters. The smallest absolute Gasteiger partial charge is 0.138 e. The fourth-order valence-corrected chi connectivity index (χ4v) is 6.73. The van der Waals surface area contributed by atoms with E-state index in [4.69, 9.17) is 4.74 Å². The van der Waals surface area contributed by atoms with Gasteiger partial charge in [0.25, 0.3) is 0 Å². The molecular weight excluding hydrogens is 1040 g/mol. The molecule has 83 heavy (non-hydrogen) atoms. The third-order valence-electron chi connectivity index (χ3n) is 8.79. The normalized spacial score (nSPS) is 9.27. The van der Waals surface area contributed by atoms with Gasteiger partial charge in [-0.1, -0.05) is 262 Å². The molecule has 5 aromatic carbocycles. The number of benzene rings is 5. The molecule has 0 spiro atoms. The monoisotopic (exact) mass is 1160 g/mol. The number of hydrogen-bond acceptors (Lipinski definition) is 11. The molecule has 10 nitrogen and oxygen atoms in total. The number of rotatable bonds is 0. The van der Waals surface area contributed by atoms with Crippen molar-refractivity contribution in [1.29, 1.82) is 0 Å². The number of nitrogens with zero attached hydrogens (tertiary/aromatic N) is 9. The van der Waals surface area contributed by atoms with Gasteiger partial charge < -0.3 is 4.74 Å². The molecule has 462 valence electrons. The summed E-state index contributed by atoms with van der Waals surface area (Å²) < 4.78 is 5.42. The van der Waals surface area contributed by atoms with E-state index in [2.05, 4.69) is 142 Å². The van der Waals surface area contributed by atoms with Gasteiger partial charge in [0, 0.05) is 28.4 Å². The molecule has 0 aliphatic carbocycles. The van der Waals surface area contributed by atoms with Gasteiger partial charge in [0.2, 0.25) is 0 Å². The Hall–Kier alpha value is -6.98. The second kappa shape index (κ2) is 77.1. The molecule has 2 aliphatic heterocycles. The maximum Gasteiger partial charge on any atom is 0.138 e. The summed E-state index contributed by atoms with van der Waals surface area (Å²) in [5.74, 6) is 3.14. The lowest BCUT2D eigenvalue weighted by Crippen LogP contribution is -2.07. The maximum atomic E-state index is 5.42. The Morgan fingerprint density at radius 3 is 1.22 bits per heavy atom. The lowest BCUT2D eigenvalue weighted by Gasteiger charge is -2.15. The predicted molar refractivity (Wildman–Crippen MR) is 372 cm³/mol. The number of thioether (sulfide) groups is 1. The number of ether oxygens (including phenoxy) is 1. The van der Waals surface area contributed by atoms with Gasteiger partial charge in [-0.05, 0) is 104 Å². The fourth-order valence-electron chi connectivity index (χ4n) is 5.69. The van der Waals surface area contributed by atoms with Crippen molar-refractivity contribution in [3.63, 3.8) is 0 Å². The summed E-state index contributed by atoms with van der Waals surface area (Å²) in [6, 6.07) is 47.6. The Morgan fingerprint density at radius 1 is 0.361 bits per heavy atom. The third-order valence-corrected chi connectivity index (χ3v) is 9.99. The van der Waals surface area contributed by atoms with Gasteiger partial charge in [-0.15, -0.1) is 16.9 Å². The Bertz CT molecular complexity index is 2160. The zero-order valence-electron chi connectivity index (χ0n) is 56.9. The first-order chi connectivity index (χ1) is 41.0. The minimum absolute atomic E-state index is 0.759. The van der Waals surface area contributed by atoms with E-state index in [9.17, 15) is 0 Å². The quantitative estimate of drug-likeness (QED) is 0.144. The second-order valence-electron chi connectivity index (χ2n) is 13.4. The van der Waals surface area contributed by atoms with Gasteiger partial charge in [0.05, 0.1) is 24.0 Å². The molecule has 11 rings (SSSR count). The van der Waals surface area contributed by atoms with Crippen molar-refractivity contribution >= 4 is 33.4 Å². The minimum atomic E-state index is 0.759. The van der Waals surface area contributed by atoms with Gasteiger partial charge in [0.15, 0.2) is 0 Å². The van der Waals surface area contributed by atoms with Crippen LogP contribution in [0.25, 0.3) is 21.7 Å². The first-order valence-corrected chi connectivity index (χ1v) is 32.1. The van der Waals surface area contributed by atoms with Crippen LogP contribution in [0, 0.1) is 20.8 Å². The molecule has 0 N–H and O–H groups in total. The number of para-hydroxylation sites is 2. The summed E-state index contributed by atoms with van der Waals surface area (Å²) in [7, 11) is 0. The van der Waals surface area contributed by atoms with Crippen LogP contribution in [-0.4, -0.2) is 57.4 Å². The molecule has 6 heterocycles. The highest BCUT2D eigenvalue weighted by atomic mass is 32.2. The van der Waals surface area contributed by atoms with Crippen molar-refractivity contribution in [2.45, 2.75) is 204 Å². The van der Waals surface area contributed by atoms with Gasteiger partial charge in [-0.3, -0.25) is 4.98 Å². The summed E-state index contributed by atoms with van der Waals surface area (Å²) in [6.45, 7) is 50.5. The highest BCUT2D eigenvalue weighted by Crippen LogP contribution is 2.29. The standard InChI is InChI=1S/C10H8.C9H7N.C9H10O.C9H10S.C5H6N2.2C4H5N3.11C2H6/c1-2-6-10-8-4-3-7-9(10)5-1;3*1-2-6-9-8(4-1)5-3-7-10-9;1-5-2-3-6-4-7-5;1-4-6-2-5-3-7-4;1-4-2-6-7-3-5-4;11*1-2/h1-8H;1-7H;2*1-2,4,6H,3,5,7H2;2-4H,1H3;2*2-3H,1H3;11*1-2H3. The number of hydrogen-bond donors (Lipinski definition) is 0. The molecular formula is C72H117N9OS. The van der Waals surface area contributed by atoms with Crippen LogP contribution >= 0.6 is 11.8 Å². The van der Waals surface area contributed by atoms with Crippen molar-refractivity contribution < 1.29 is 4.74 Å². The molecule has 9 aromatic rings. The Morgan fingerprint density at radius 2 is 0.807 bits per heavy atom. The highest BCUT2D eigenvalue weighted by Gasteiger charge is 2.07. The van der Waals surface area contributed by atoms with Gasteiger partial charge in [-0.2, -0.15) is 5.10 Å². The molecule has 0 bridgehead atoms. The molecule has 2 aliphatic rings. The molecule has 0 saturated carbocycles. The Balaban J connectivity index is -0.000000154. The summed E-state index contributed by atoms with van der Waals surface area (Å²) in [5.41, 5.74) is 5.86. The zero-order chi connectivity index (χ0) is 64.6. The molecule has 11 heteroatoms. The second-order valence-corrected chi connectivity index (χ2v) is 14.6. The van der Waals surface area contributed by atoms with E-state index in [1.165, 1.54) is 76.9 Å². The summed E-state index contributed by atoms with van der Waals surface area (Å²) >= 11 is 1.99. The van der Waals surface area contributed by atoms with Crippen molar-refractivity contribution in [3.8, 4) is 5.75 Å². The minimum Gasteiger partial charge on any atom is -0.493 e. The van der Waals surface area contributed by atoms with E-state index >= 15 is 0 Å².